The largest absolute Gasteiger partial charge is 0.369 e. The Labute approximate surface area is 73.2 Å². The molecule has 1 atom stereocenters. The van der Waals surface area contributed by atoms with E-state index in [0.717, 1.165) is 11.8 Å². The molecule has 0 saturated heterocycles. The number of hydrogen-bond donors (Lipinski definition) is 0. The summed E-state index contributed by atoms with van der Waals surface area (Å²) in [6.45, 7) is 0. The molecule has 0 aliphatic heterocycles. The predicted octanol–water partition coefficient (Wildman–Crippen LogP) is 2.21. The summed E-state index contributed by atoms with van der Waals surface area (Å²) in [6, 6.07) is 9.39. The van der Waals surface area contributed by atoms with E-state index in [9.17, 15) is 4.79 Å². The van der Waals surface area contributed by atoms with Crippen LogP contribution in [0.2, 0.25) is 0 Å². The fourth-order valence-electron chi connectivity index (χ4n) is 0.913. The maximum atomic E-state index is 10.4. The molecule has 66 valence electrons. The fraction of sp³-hybridized carbons (Fsp3) is 0.300. The molecule has 0 radical (unpaired) electrons. The fourth-order valence-corrected chi connectivity index (χ4v) is 0.913. The van der Waals surface area contributed by atoms with Crippen molar-refractivity contribution in [2.24, 2.45) is 0 Å². The van der Waals surface area contributed by atoms with Gasteiger partial charge in [-0.3, -0.25) is 0 Å². The third kappa shape index (κ3) is 2.47. The van der Waals surface area contributed by atoms with Gasteiger partial charge < -0.3 is 9.53 Å². The standard InChI is InChI=1S/C9H10O2.CH4/c1-11-9(7-10)8-5-3-2-4-6-8;/h2-7,9H,1H3;1H4. The van der Waals surface area contributed by atoms with Crippen molar-refractivity contribution in [3.8, 4) is 0 Å². The van der Waals surface area contributed by atoms with Crippen LogP contribution in [0.4, 0.5) is 0 Å². The Morgan fingerprint density at radius 2 is 1.92 bits per heavy atom. The van der Waals surface area contributed by atoms with Crippen molar-refractivity contribution in [3.05, 3.63) is 35.9 Å². The molecule has 2 heteroatoms. The van der Waals surface area contributed by atoms with Crippen LogP contribution in [-0.4, -0.2) is 13.4 Å². The summed E-state index contributed by atoms with van der Waals surface area (Å²) in [7, 11) is 1.52. The first kappa shape index (κ1) is 10.8. The number of rotatable bonds is 3. The number of ether oxygens (including phenoxy) is 1. The maximum Gasteiger partial charge on any atom is 0.153 e. The van der Waals surface area contributed by atoms with Gasteiger partial charge in [0.1, 0.15) is 6.10 Å². The minimum absolute atomic E-state index is 0. The smallest absolute Gasteiger partial charge is 0.153 e. The first-order valence-corrected chi connectivity index (χ1v) is 3.41. The van der Waals surface area contributed by atoms with Crippen molar-refractivity contribution in [3.63, 3.8) is 0 Å². The van der Waals surface area contributed by atoms with Crippen LogP contribution in [0.25, 0.3) is 0 Å². The van der Waals surface area contributed by atoms with Crippen molar-refractivity contribution in [2.45, 2.75) is 13.5 Å². The quantitative estimate of drug-likeness (QED) is 0.643. The van der Waals surface area contributed by atoms with E-state index in [-0.39, 0.29) is 7.43 Å². The lowest BCUT2D eigenvalue weighted by molar-refractivity contribution is -0.116. The maximum absolute atomic E-state index is 10.4. The summed E-state index contributed by atoms with van der Waals surface area (Å²) in [5.74, 6) is 0. The summed E-state index contributed by atoms with van der Waals surface area (Å²) in [5.41, 5.74) is 0.894. The van der Waals surface area contributed by atoms with Crippen LogP contribution in [0, 0.1) is 0 Å². The Kier molecular flexibility index (Phi) is 4.97. The molecule has 1 aromatic rings. The molecule has 0 bridgehead atoms. The highest BCUT2D eigenvalue weighted by Crippen LogP contribution is 2.12. The Morgan fingerprint density at radius 3 is 2.33 bits per heavy atom. The first-order chi connectivity index (χ1) is 5.38. The molecule has 0 aliphatic carbocycles. The van der Waals surface area contributed by atoms with Crippen LogP contribution in [0.1, 0.15) is 19.1 Å². The average Bonchev–Trinajstić information content (AvgIpc) is 2.09. The minimum Gasteiger partial charge on any atom is -0.369 e. The number of methoxy groups -OCH3 is 1. The van der Waals surface area contributed by atoms with E-state index in [1.54, 1.807) is 0 Å². The number of aldehydes is 1. The monoisotopic (exact) mass is 166 g/mol. The van der Waals surface area contributed by atoms with E-state index < -0.39 is 6.10 Å². The van der Waals surface area contributed by atoms with Gasteiger partial charge in [0.05, 0.1) is 0 Å². The van der Waals surface area contributed by atoms with Crippen LogP contribution < -0.4 is 0 Å². The lowest BCUT2D eigenvalue weighted by Crippen LogP contribution is -2.01. The number of carbonyl (C=O) groups is 1. The van der Waals surface area contributed by atoms with E-state index in [0.29, 0.717) is 0 Å². The van der Waals surface area contributed by atoms with E-state index in [2.05, 4.69) is 0 Å². The zero-order valence-electron chi connectivity index (χ0n) is 6.36. The number of carbonyl (C=O) groups excluding carboxylic acids is 1. The first-order valence-electron chi connectivity index (χ1n) is 3.41. The van der Waals surface area contributed by atoms with Crippen LogP contribution >= 0.6 is 0 Å². The molecule has 1 aromatic carbocycles. The zero-order valence-corrected chi connectivity index (χ0v) is 6.36. The summed E-state index contributed by atoms with van der Waals surface area (Å²) >= 11 is 0. The van der Waals surface area contributed by atoms with Gasteiger partial charge in [-0.25, -0.2) is 0 Å². The molecule has 0 N–H and O–H groups in total. The Bertz CT molecular complexity index is 219. The third-order valence-corrected chi connectivity index (χ3v) is 1.51. The molecular weight excluding hydrogens is 152 g/mol. The third-order valence-electron chi connectivity index (χ3n) is 1.51. The molecular formula is C10H14O2. The summed E-state index contributed by atoms with van der Waals surface area (Å²) in [6.07, 6.45) is 0.367. The van der Waals surface area contributed by atoms with Gasteiger partial charge in [-0.2, -0.15) is 0 Å². The second-order valence-corrected chi connectivity index (χ2v) is 2.20. The normalized spacial score (nSPS) is 11.4. The van der Waals surface area contributed by atoms with Crippen molar-refractivity contribution in [2.75, 3.05) is 7.11 Å². The highest BCUT2D eigenvalue weighted by molar-refractivity contribution is 5.59. The summed E-state index contributed by atoms with van der Waals surface area (Å²) < 4.78 is 4.92. The van der Waals surface area contributed by atoms with Crippen molar-refractivity contribution in [1.82, 2.24) is 0 Å². The average molecular weight is 166 g/mol. The molecule has 0 saturated carbocycles. The Balaban J connectivity index is 0.00000121. The molecule has 0 aliphatic rings. The molecule has 1 unspecified atom stereocenters. The van der Waals surface area contributed by atoms with Crippen LogP contribution in [0.15, 0.2) is 30.3 Å². The van der Waals surface area contributed by atoms with Gasteiger partial charge in [-0.05, 0) is 5.56 Å². The number of benzene rings is 1. The van der Waals surface area contributed by atoms with E-state index >= 15 is 0 Å². The van der Waals surface area contributed by atoms with Crippen molar-refractivity contribution < 1.29 is 9.53 Å². The second-order valence-electron chi connectivity index (χ2n) is 2.20. The second kappa shape index (κ2) is 5.49. The van der Waals surface area contributed by atoms with Crippen LogP contribution in [0.5, 0.6) is 0 Å². The van der Waals surface area contributed by atoms with Gasteiger partial charge in [0.25, 0.3) is 0 Å². The van der Waals surface area contributed by atoms with Gasteiger partial charge in [0.15, 0.2) is 6.29 Å². The molecule has 0 amide bonds. The summed E-state index contributed by atoms with van der Waals surface area (Å²) in [5, 5.41) is 0. The minimum atomic E-state index is -0.420. The molecule has 12 heavy (non-hydrogen) atoms. The molecule has 0 spiro atoms. The van der Waals surface area contributed by atoms with Gasteiger partial charge in [-0.15, -0.1) is 0 Å². The lowest BCUT2D eigenvalue weighted by atomic mass is 10.1. The highest BCUT2D eigenvalue weighted by Gasteiger charge is 2.05. The van der Waals surface area contributed by atoms with E-state index in [1.807, 2.05) is 30.3 Å². The van der Waals surface area contributed by atoms with Gasteiger partial charge >= 0.3 is 0 Å². The zero-order chi connectivity index (χ0) is 8.10. The topological polar surface area (TPSA) is 26.3 Å². The highest BCUT2D eigenvalue weighted by atomic mass is 16.5. The molecule has 1 rings (SSSR count). The van der Waals surface area contributed by atoms with E-state index in [1.165, 1.54) is 7.11 Å². The van der Waals surface area contributed by atoms with Gasteiger partial charge in [0.2, 0.25) is 0 Å². The van der Waals surface area contributed by atoms with Crippen molar-refractivity contribution >= 4 is 6.29 Å². The van der Waals surface area contributed by atoms with Gasteiger partial charge in [0, 0.05) is 7.11 Å². The van der Waals surface area contributed by atoms with Gasteiger partial charge in [-0.1, -0.05) is 37.8 Å². The van der Waals surface area contributed by atoms with E-state index in [4.69, 9.17) is 4.74 Å². The summed E-state index contributed by atoms with van der Waals surface area (Å²) in [4.78, 5) is 10.4. The Hall–Kier alpha value is -1.15. The molecule has 2 nitrogen and oxygen atoms in total. The van der Waals surface area contributed by atoms with Crippen LogP contribution in [-0.2, 0) is 9.53 Å². The van der Waals surface area contributed by atoms with Crippen molar-refractivity contribution in [1.29, 1.82) is 0 Å². The Morgan fingerprint density at radius 1 is 1.33 bits per heavy atom. The van der Waals surface area contributed by atoms with Crippen LogP contribution in [0.3, 0.4) is 0 Å². The molecule has 0 fully saturated rings. The SMILES string of the molecule is C.COC(C=O)c1ccccc1. The lowest BCUT2D eigenvalue weighted by Gasteiger charge is -2.06. The number of hydrogen-bond acceptors (Lipinski definition) is 2. The molecule has 0 heterocycles. The molecule has 0 aromatic heterocycles. The predicted molar refractivity (Wildman–Crippen MR) is 49.0 cm³/mol.